The highest BCUT2D eigenvalue weighted by Crippen LogP contribution is 2.23. The summed E-state index contributed by atoms with van der Waals surface area (Å²) in [5.41, 5.74) is 1.46. The first kappa shape index (κ1) is 9.53. The Hall–Kier alpha value is -0.560. The van der Waals surface area contributed by atoms with Gasteiger partial charge in [0.05, 0.1) is 0 Å². The molecule has 0 spiro atoms. The zero-order chi connectivity index (χ0) is 8.97. The minimum absolute atomic E-state index is 1.10. The standard InChI is InChI=1S/C11H16S/c1-4-6-7-11-9(3)8-10(5-2)12-11/h4,8H,1,5-7H2,2-3H3. The normalized spacial score (nSPS) is 10.2. The van der Waals surface area contributed by atoms with Crippen LogP contribution in [0.2, 0.25) is 0 Å². The second-order valence-electron chi connectivity index (χ2n) is 3.00. The fourth-order valence-electron chi connectivity index (χ4n) is 1.25. The molecule has 0 N–H and O–H groups in total. The van der Waals surface area contributed by atoms with Crippen LogP contribution in [-0.4, -0.2) is 0 Å². The summed E-state index contributed by atoms with van der Waals surface area (Å²) in [6.45, 7) is 8.15. The Morgan fingerprint density at radius 2 is 2.33 bits per heavy atom. The molecule has 0 unspecified atom stereocenters. The molecule has 1 rings (SSSR count). The summed E-state index contributed by atoms with van der Waals surface area (Å²) < 4.78 is 0. The quantitative estimate of drug-likeness (QED) is 0.619. The molecule has 1 aromatic rings. The lowest BCUT2D eigenvalue weighted by atomic mass is 10.2. The van der Waals surface area contributed by atoms with Gasteiger partial charge in [0, 0.05) is 9.75 Å². The van der Waals surface area contributed by atoms with Crippen molar-refractivity contribution in [3.63, 3.8) is 0 Å². The van der Waals surface area contributed by atoms with Crippen molar-refractivity contribution in [3.8, 4) is 0 Å². The van der Waals surface area contributed by atoms with E-state index in [0.29, 0.717) is 0 Å². The van der Waals surface area contributed by atoms with Crippen LogP contribution in [0.4, 0.5) is 0 Å². The minimum atomic E-state index is 1.10. The molecule has 66 valence electrons. The van der Waals surface area contributed by atoms with Crippen LogP contribution >= 0.6 is 11.3 Å². The van der Waals surface area contributed by atoms with Crippen molar-refractivity contribution in [3.05, 3.63) is 34.0 Å². The molecule has 0 aliphatic heterocycles. The predicted molar refractivity (Wildman–Crippen MR) is 57.0 cm³/mol. The molecule has 0 fully saturated rings. The molecule has 0 nitrogen and oxygen atoms in total. The van der Waals surface area contributed by atoms with Gasteiger partial charge in [0.25, 0.3) is 0 Å². The van der Waals surface area contributed by atoms with E-state index in [-0.39, 0.29) is 0 Å². The average Bonchev–Trinajstić information content (AvgIpc) is 2.43. The van der Waals surface area contributed by atoms with Gasteiger partial charge in [-0.1, -0.05) is 13.0 Å². The Morgan fingerprint density at radius 3 is 2.83 bits per heavy atom. The molecule has 0 saturated heterocycles. The van der Waals surface area contributed by atoms with Gasteiger partial charge in [-0.2, -0.15) is 0 Å². The van der Waals surface area contributed by atoms with Gasteiger partial charge in [-0.05, 0) is 37.8 Å². The second kappa shape index (κ2) is 4.46. The number of hydrogen-bond acceptors (Lipinski definition) is 1. The summed E-state index contributed by atoms with van der Waals surface area (Å²) in [6, 6.07) is 2.31. The molecule has 0 aromatic carbocycles. The topological polar surface area (TPSA) is 0 Å². The van der Waals surface area contributed by atoms with E-state index in [4.69, 9.17) is 0 Å². The van der Waals surface area contributed by atoms with Crippen LogP contribution in [0.25, 0.3) is 0 Å². The maximum Gasteiger partial charge on any atom is 0.00804 e. The van der Waals surface area contributed by atoms with Crippen LogP contribution in [0.1, 0.15) is 28.7 Å². The van der Waals surface area contributed by atoms with E-state index in [1.165, 1.54) is 28.2 Å². The molecule has 12 heavy (non-hydrogen) atoms. The third-order valence-corrected chi connectivity index (χ3v) is 3.44. The van der Waals surface area contributed by atoms with E-state index >= 15 is 0 Å². The summed E-state index contributed by atoms with van der Waals surface area (Å²) in [5.74, 6) is 0. The molecule has 0 atom stereocenters. The van der Waals surface area contributed by atoms with Gasteiger partial charge < -0.3 is 0 Å². The van der Waals surface area contributed by atoms with Crippen molar-refractivity contribution in [2.75, 3.05) is 0 Å². The van der Waals surface area contributed by atoms with Crippen LogP contribution in [0.15, 0.2) is 18.7 Å². The molecule has 1 aromatic heterocycles. The van der Waals surface area contributed by atoms with Gasteiger partial charge in [-0.15, -0.1) is 17.9 Å². The van der Waals surface area contributed by atoms with E-state index in [1.54, 1.807) is 0 Å². The van der Waals surface area contributed by atoms with Gasteiger partial charge in [0.2, 0.25) is 0 Å². The zero-order valence-electron chi connectivity index (χ0n) is 7.89. The molecule has 1 heterocycles. The van der Waals surface area contributed by atoms with Gasteiger partial charge in [0.1, 0.15) is 0 Å². The van der Waals surface area contributed by atoms with Crippen molar-refractivity contribution in [1.29, 1.82) is 0 Å². The maximum atomic E-state index is 3.74. The van der Waals surface area contributed by atoms with Gasteiger partial charge in [-0.3, -0.25) is 0 Å². The van der Waals surface area contributed by atoms with Crippen molar-refractivity contribution in [2.24, 2.45) is 0 Å². The monoisotopic (exact) mass is 180 g/mol. The fraction of sp³-hybridized carbons (Fsp3) is 0.455. The number of hydrogen-bond donors (Lipinski definition) is 0. The lowest BCUT2D eigenvalue weighted by Gasteiger charge is -1.93. The second-order valence-corrected chi connectivity index (χ2v) is 4.22. The maximum absolute atomic E-state index is 3.74. The number of aryl methyl sites for hydroxylation is 3. The van der Waals surface area contributed by atoms with Crippen LogP contribution in [0.5, 0.6) is 0 Å². The van der Waals surface area contributed by atoms with Crippen molar-refractivity contribution in [2.45, 2.75) is 33.1 Å². The fourth-order valence-corrected chi connectivity index (χ4v) is 2.38. The molecule has 0 amide bonds. The molecule has 0 aliphatic carbocycles. The third kappa shape index (κ3) is 2.21. The highest BCUT2D eigenvalue weighted by molar-refractivity contribution is 7.12. The Balaban J connectivity index is 2.70. The van der Waals surface area contributed by atoms with Crippen LogP contribution < -0.4 is 0 Å². The smallest absolute Gasteiger partial charge is 0.00804 e. The summed E-state index contributed by atoms with van der Waals surface area (Å²) in [4.78, 5) is 3.04. The molecular weight excluding hydrogens is 164 g/mol. The lowest BCUT2D eigenvalue weighted by molar-refractivity contribution is 1.02. The van der Waals surface area contributed by atoms with E-state index < -0.39 is 0 Å². The zero-order valence-corrected chi connectivity index (χ0v) is 8.71. The van der Waals surface area contributed by atoms with Gasteiger partial charge in [0.15, 0.2) is 0 Å². The van der Waals surface area contributed by atoms with Crippen LogP contribution in [0.3, 0.4) is 0 Å². The first-order valence-electron chi connectivity index (χ1n) is 4.47. The van der Waals surface area contributed by atoms with E-state index in [1.807, 2.05) is 17.4 Å². The Morgan fingerprint density at radius 1 is 1.58 bits per heavy atom. The van der Waals surface area contributed by atoms with Crippen LogP contribution in [-0.2, 0) is 12.8 Å². The minimum Gasteiger partial charge on any atom is -0.145 e. The summed E-state index contributed by atoms with van der Waals surface area (Å²) >= 11 is 1.95. The molecule has 0 bridgehead atoms. The molecular formula is C11H16S. The average molecular weight is 180 g/mol. The van der Waals surface area contributed by atoms with Crippen molar-refractivity contribution < 1.29 is 0 Å². The Labute approximate surface area is 78.9 Å². The third-order valence-electron chi connectivity index (χ3n) is 2.00. The van der Waals surface area contributed by atoms with Gasteiger partial charge in [-0.25, -0.2) is 0 Å². The number of rotatable bonds is 4. The van der Waals surface area contributed by atoms with E-state index in [0.717, 1.165) is 6.42 Å². The first-order valence-corrected chi connectivity index (χ1v) is 5.28. The van der Waals surface area contributed by atoms with E-state index in [2.05, 4.69) is 26.5 Å². The highest BCUT2D eigenvalue weighted by atomic mass is 32.1. The van der Waals surface area contributed by atoms with Gasteiger partial charge >= 0.3 is 0 Å². The van der Waals surface area contributed by atoms with Crippen LogP contribution in [0, 0.1) is 6.92 Å². The predicted octanol–water partition coefficient (Wildman–Crippen LogP) is 3.74. The molecule has 0 radical (unpaired) electrons. The molecule has 1 heteroatoms. The number of allylic oxidation sites excluding steroid dienone is 1. The summed E-state index contributed by atoms with van der Waals surface area (Å²) in [5, 5.41) is 0. The largest absolute Gasteiger partial charge is 0.145 e. The van der Waals surface area contributed by atoms with E-state index in [9.17, 15) is 0 Å². The molecule has 0 saturated carbocycles. The first-order chi connectivity index (χ1) is 5.77. The van der Waals surface area contributed by atoms with Crippen molar-refractivity contribution in [1.82, 2.24) is 0 Å². The Bertz CT molecular complexity index is 258. The molecule has 0 aliphatic rings. The summed E-state index contributed by atoms with van der Waals surface area (Å²) in [6.07, 6.45) is 5.43. The Kier molecular flexibility index (Phi) is 3.54. The summed E-state index contributed by atoms with van der Waals surface area (Å²) in [7, 11) is 0. The number of thiophene rings is 1. The van der Waals surface area contributed by atoms with Crippen molar-refractivity contribution >= 4 is 11.3 Å². The highest BCUT2D eigenvalue weighted by Gasteiger charge is 2.02. The SMILES string of the molecule is C=CCCc1sc(CC)cc1C. The lowest BCUT2D eigenvalue weighted by Crippen LogP contribution is -1.79.